The van der Waals surface area contributed by atoms with Crippen LogP contribution in [0.3, 0.4) is 0 Å². The second-order valence-electron chi connectivity index (χ2n) is 5.12. The van der Waals surface area contributed by atoms with Crippen LogP contribution in [-0.4, -0.2) is 25.1 Å². The van der Waals surface area contributed by atoms with Crippen LogP contribution in [0.5, 0.6) is 5.75 Å². The summed E-state index contributed by atoms with van der Waals surface area (Å²) in [5, 5.41) is 2.74. The van der Waals surface area contributed by atoms with Crippen LogP contribution in [0, 0.1) is 0 Å². The summed E-state index contributed by atoms with van der Waals surface area (Å²) in [6, 6.07) is 14.0. The molecule has 2 aromatic rings. The maximum atomic E-state index is 12.0. The van der Waals surface area contributed by atoms with Crippen LogP contribution in [0.15, 0.2) is 54.6 Å². The first-order valence-electron chi connectivity index (χ1n) is 8.11. The van der Waals surface area contributed by atoms with Crippen molar-refractivity contribution in [1.82, 2.24) is 0 Å². The Bertz CT molecular complexity index is 733. The highest BCUT2D eigenvalue weighted by Gasteiger charge is 2.06. The van der Waals surface area contributed by atoms with E-state index < -0.39 is 0 Å². The number of esters is 1. The minimum absolute atomic E-state index is 0.252. The third-order valence-electron chi connectivity index (χ3n) is 3.28. The Morgan fingerprint density at radius 2 is 1.64 bits per heavy atom. The fourth-order valence-corrected chi connectivity index (χ4v) is 2.10. The number of ether oxygens (including phenoxy) is 2. The van der Waals surface area contributed by atoms with Gasteiger partial charge in [0.25, 0.3) is 0 Å². The second-order valence-corrected chi connectivity index (χ2v) is 5.12. The molecule has 0 aliphatic rings. The molecule has 5 heteroatoms. The number of carbonyl (C=O) groups excluding carboxylic acids is 2. The van der Waals surface area contributed by atoms with Gasteiger partial charge in [-0.2, -0.15) is 0 Å². The Balaban J connectivity index is 1.92. The Morgan fingerprint density at radius 1 is 0.960 bits per heavy atom. The lowest BCUT2D eigenvalue weighted by Crippen LogP contribution is -2.08. The predicted molar refractivity (Wildman–Crippen MR) is 97.7 cm³/mol. The van der Waals surface area contributed by atoms with Crippen LogP contribution < -0.4 is 10.1 Å². The molecule has 0 aliphatic heterocycles. The first-order valence-corrected chi connectivity index (χ1v) is 8.11. The number of rotatable bonds is 7. The molecule has 2 aromatic carbocycles. The van der Waals surface area contributed by atoms with E-state index in [-0.39, 0.29) is 11.9 Å². The fourth-order valence-electron chi connectivity index (χ4n) is 2.10. The summed E-state index contributed by atoms with van der Waals surface area (Å²) >= 11 is 0. The molecule has 1 amide bonds. The molecule has 0 radical (unpaired) electrons. The van der Waals surface area contributed by atoms with Gasteiger partial charge in [-0.1, -0.05) is 12.1 Å². The molecule has 0 saturated heterocycles. The van der Waals surface area contributed by atoms with Crippen molar-refractivity contribution in [1.29, 1.82) is 0 Å². The summed E-state index contributed by atoms with van der Waals surface area (Å²) < 4.78 is 10.3. The van der Waals surface area contributed by atoms with Gasteiger partial charge in [-0.05, 0) is 61.9 Å². The Hall–Kier alpha value is -3.08. The maximum absolute atomic E-state index is 12.0. The third-order valence-corrected chi connectivity index (χ3v) is 3.28. The van der Waals surface area contributed by atoms with E-state index in [0.717, 1.165) is 11.3 Å². The molecule has 0 heterocycles. The van der Waals surface area contributed by atoms with E-state index in [1.807, 2.05) is 31.2 Å². The van der Waals surface area contributed by atoms with Crippen LogP contribution in [0.1, 0.15) is 29.8 Å². The summed E-state index contributed by atoms with van der Waals surface area (Å²) in [6.45, 7) is 4.63. The van der Waals surface area contributed by atoms with Gasteiger partial charge in [-0.25, -0.2) is 4.79 Å². The summed E-state index contributed by atoms with van der Waals surface area (Å²) in [5.41, 5.74) is 1.95. The molecule has 0 fully saturated rings. The number of nitrogens with one attached hydrogen (secondary N) is 1. The van der Waals surface area contributed by atoms with E-state index >= 15 is 0 Å². The number of anilines is 1. The predicted octanol–water partition coefficient (Wildman–Crippen LogP) is 3.91. The smallest absolute Gasteiger partial charge is 0.338 e. The Labute approximate surface area is 147 Å². The zero-order valence-corrected chi connectivity index (χ0v) is 14.3. The average molecular weight is 339 g/mol. The molecule has 0 aliphatic carbocycles. The van der Waals surface area contributed by atoms with Gasteiger partial charge < -0.3 is 14.8 Å². The van der Waals surface area contributed by atoms with Gasteiger partial charge in [0.15, 0.2) is 0 Å². The molecule has 0 unspecified atom stereocenters. The Kier molecular flexibility index (Phi) is 6.77. The van der Waals surface area contributed by atoms with Crippen molar-refractivity contribution < 1.29 is 19.1 Å². The van der Waals surface area contributed by atoms with E-state index in [0.29, 0.717) is 24.5 Å². The average Bonchev–Trinajstić information content (AvgIpc) is 2.62. The molecule has 25 heavy (non-hydrogen) atoms. The molecule has 2 rings (SSSR count). The van der Waals surface area contributed by atoms with E-state index in [1.165, 1.54) is 6.08 Å². The van der Waals surface area contributed by atoms with Crippen molar-refractivity contribution in [2.45, 2.75) is 13.8 Å². The number of hydrogen-bond donors (Lipinski definition) is 1. The lowest BCUT2D eigenvalue weighted by Gasteiger charge is -2.05. The van der Waals surface area contributed by atoms with Crippen molar-refractivity contribution in [3.63, 3.8) is 0 Å². The van der Waals surface area contributed by atoms with Crippen molar-refractivity contribution in [2.24, 2.45) is 0 Å². The lowest BCUT2D eigenvalue weighted by molar-refractivity contribution is -0.111. The number of benzene rings is 2. The maximum Gasteiger partial charge on any atom is 0.338 e. The molecule has 0 saturated carbocycles. The third kappa shape index (κ3) is 5.80. The largest absolute Gasteiger partial charge is 0.494 e. The second kappa shape index (κ2) is 9.27. The number of hydrogen-bond acceptors (Lipinski definition) is 4. The van der Waals surface area contributed by atoms with Gasteiger partial charge >= 0.3 is 5.97 Å². The summed E-state index contributed by atoms with van der Waals surface area (Å²) in [5.74, 6) is 0.166. The van der Waals surface area contributed by atoms with Crippen LogP contribution in [0.4, 0.5) is 5.69 Å². The highest BCUT2D eigenvalue weighted by Crippen LogP contribution is 2.14. The zero-order valence-electron chi connectivity index (χ0n) is 14.3. The molecule has 0 atom stereocenters. The molecule has 1 N–H and O–H groups in total. The molecular weight excluding hydrogens is 318 g/mol. The minimum Gasteiger partial charge on any atom is -0.494 e. The zero-order chi connectivity index (χ0) is 18.1. The lowest BCUT2D eigenvalue weighted by atomic mass is 10.2. The van der Waals surface area contributed by atoms with Crippen LogP contribution in [-0.2, 0) is 9.53 Å². The first kappa shape index (κ1) is 18.3. The summed E-state index contributed by atoms with van der Waals surface area (Å²) in [6.07, 6.45) is 3.17. The standard InChI is InChI=1S/C20H21NO4/c1-3-24-18-12-5-15(6-13-18)7-14-19(22)21-17-10-8-16(9-11-17)20(23)25-4-2/h5-14H,3-4H2,1-2H3,(H,21,22)/b14-7+. The molecule has 0 bridgehead atoms. The highest BCUT2D eigenvalue weighted by molar-refractivity contribution is 6.02. The van der Waals surface area contributed by atoms with Gasteiger partial charge in [0.05, 0.1) is 18.8 Å². The van der Waals surface area contributed by atoms with Gasteiger partial charge in [-0.3, -0.25) is 4.79 Å². The quantitative estimate of drug-likeness (QED) is 0.613. The summed E-state index contributed by atoms with van der Waals surface area (Å²) in [7, 11) is 0. The Morgan fingerprint density at radius 3 is 2.24 bits per heavy atom. The van der Waals surface area contributed by atoms with Gasteiger partial charge in [0.2, 0.25) is 5.91 Å². The molecular formula is C20H21NO4. The van der Waals surface area contributed by atoms with Crippen LogP contribution in [0.25, 0.3) is 6.08 Å². The monoisotopic (exact) mass is 339 g/mol. The highest BCUT2D eigenvalue weighted by atomic mass is 16.5. The number of carbonyl (C=O) groups is 2. The minimum atomic E-state index is -0.379. The fraction of sp³-hybridized carbons (Fsp3) is 0.200. The molecule has 0 spiro atoms. The van der Waals surface area contributed by atoms with Crippen LogP contribution in [0.2, 0.25) is 0 Å². The van der Waals surface area contributed by atoms with Crippen molar-refractivity contribution in [3.05, 3.63) is 65.7 Å². The SMILES string of the molecule is CCOC(=O)c1ccc(NC(=O)/C=C/c2ccc(OCC)cc2)cc1. The number of amides is 1. The molecule has 5 nitrogen and oxygen atoms in total. The normalized spacial score (nSPS) is 10.5. The van der Waals surface area contributed by atoms with Crippen molar-refractivity contribution in [3.8, 4) is 5.75 Å². The van der Waals surface area contributed by atoms with Crippen molar-refractivity contribution in [2.75, 3.05) is 18.5 Å². The van der Waals surface area contributed by atoms with Crippen molar-refractivity contribution >= 4 is 23.6 Å². The first-order chi connectivity index (χ1) is 12.1. The molecule has 0 aromatic heterocycles. The summed E-state index contributed by atoms with van der Waals surface area (Å²) in [4.78, 5) is 23.5. The topological polar surface area (TPSA) is 64.6 Å². The van der Waals surface area contributed by atoms with Gasteiger partial charge in [0, 0.05) is 11.8 Å². The van der Waals surface area contributed by atoms with E-state index in [9.17, 15) is 9.59 Å². The molecule has 130 valence electrons. The van der Waals surface area contributed by atoms with E-state index in [1.54, 1.807) is 37.3 Å². The van der Waals surface area contributed by atoms with E-state index in [2.05, 4.69) is 5.32 Å². The van der Waals surface area contributed by atoms with Gasteiger partial charge in [-0.15, -0.1) is 0 Å². The van der Waals surface area contributed by atoms with Gasteiger partial charge in [0.1, 0.15) is 5.75 Å². The van der Waals surface area contributed by atoms with E-state index in [4.69, 9.17) is 9.47 Å². The van der Waals surface area contributed by atoms with Crippen LogP contribution >= 0.6 is 0 Å².